The molecule has 0 unspecified atom stereocenters. The summed E-state index contributed by atoms with van der Waals surface area (Å²) in [6.07, 6.45) is 2.10. The fourth-order valence-corrected chi connectivity index (χ4v) is 2.30. The second-order valence-electron chi connectivity index (χ2n) is 5.24. The van der Waals surface area contributed by atoms with Crippen molar-refractivity contribution in [2.24, 2.45) is 4.99 Å². The smallest absolute Gasteiger partial charge is 0.191 e. The second-order valence-corrected chi connectivity index (χ2v) is 6.66. The van der Waals surface area contributed by atoms with Crippen LogP contribution in [0.3, 0.4) is 0 Å². The van der Waals surface area contributed by atoms with E-state index in [0.717, 1.165) is 29.8 Å². The van der Waals surface area contributed by atoms with Crippen LogP contribution in [0.25, 0.3) is 0 Å². The standard InChI is InChI=1S/C15H24ClN3S/c1-15(2,12-6-5-7-13(16)10-12)11-19-14(17-3)18-8-9-20-4/h5-7,10H,8-9,11H2,1-4H3,(H2,17,18,19). The van der Waals surface area contributed by atoms with Crippen molar-refractivity contribution in [1.82, 2.24) is 10.6 Å². The van der Waals surface area contributed by atoms with Crippen LogP contribution in [0.5, 0.6) is 0 Å². The number of halogens is 1. The minimum absolute atomic E-state index is 0.0119. The Labute approximate surface area is 131 Å². The Bertz CT molecular complexity index is 446. The van der Waals surface area contributed by atoms with Gasteiger partial charge < -0.3 is 10.6 Å². The van der Waals surface area contributed by atoms with Crippen LogP contribution < -0.4 is 10.6 Å². The molecule has 0 aliphatic rings. The van der Waals surface area contributed by atoms with Crippen molar-refractivity contribution in [3.63, 3.8) is 0 Å². The number of guanidine groups is 1. The van der Waals surface area contributed by atoms with Crippen molar-refractivity contribution in [2.75, 3.05) is 32.1 Å². The maximum atomic E-state index is 6.07. The van der Waals surface area contributed by atoms with Crippen molar-refractivity contribution in [1.29, 1.82) is 0 Å². The third-order valence-electron chi connectivity index (χ3n) is 3.13. The molecule has 1 rings (SSSR count). The van der Waals surface area contributed by atoms with Gasteiger partial charge in [-0.2, -0.15) is 11.8 Å². The molecule has 0 saturated carbocycles. The van der Waals surface area contributed by atoms with Crippen LogP contribution in [0.2, 0.25) is 5.02 Å². The summed E-state index contributed by atoms with van der Waals surface area (Å²) >= 11 is 7.88. The number of nitrogens with one attached hydrogen (secondary N) is 2. The lowest BCUT2D eigenvalue weighted by molar-refractivity contribution is 0.509. The van der Waals surface area contributed by atoms with Gasteiger partial charge in [-0.1, -0.05) is 37.6 Å². The molecule has 0 fully saturated rings. The predicted octanol–water partition coefficient (Wildman–Crippen LogP) is 3.15. The summed E-state index contributed by atoms with van der Waals surface area (Å²) < 4.78 is 0. The lowest BCUT2D eigenvalue weighted by atomic mass is 9.84. The first-order chi connectivity index (χ1) is 9.49. The first kappa shape index (κ1) is 17.2. The summed E-state index contributed by atoms with van der Waals surface area (Å²) in [5, 5.41) is 7.45. The summed E-state index contributed by atoms with van der Waals surface area (Å²) in [5.41, 5.74) is 1.21. The van der Waals surface area contributed by atoms with Crippen molar-refractivity contribution < 1.29 is 0 Å². The highest BCUT2D eigenvalue weighted by Crippen LogP contribution is 2.24. The molecule has 5 heteroatoms. The Morgan fingerprint density at radius 1 is 1.35 bits per heavy atom. The monoisotopic (exact) mass is 313 g/mol. The van der Waals surface area contributed by atoms with E-state index in [4.69, 9.17) is 11.6 Å². The van der Waals surface area contributed by atoms with Crippen molar-refractivity contribution in [2.45, 2.75) is 19.3 Å². The normalized spacial score (nSPS) is 12.3. The highest BCUT2D eigenvalue weighted by molar-refractivity contribution is 7.98. The topological polar surface area (TPSA) is 36.4 Å². The average molecular weight is 314 g/mol. The number of hydrogen-bond acceptors (Lipinski definition) is 2. The molecule has 112 valence electrons. The van der Waals surface area contributed by atoms with E-state index < -0.39 is 0 Å². The van der Waals surface area contributed by atoms with E-state index in [0.29, 0.717) is 0 Å². The first-order valence-corrected chi connectivity index (χ1v) is 8.46. The molecule has 0 bridgehead atoms. The molecule has 1 aromatic rings. The zero-order chi connectivity index (χ0) is 15.0. The molecule has 0 heterocycles. The lowest BCUT2D eigenvalue weighted by Gasteiger charge is -2.27. The van der Waals surface area contributed by atoms with Gasteiger partial charge in [0.15, 0.2) is 5.96 Å². The second kappa shape index (κ2) is 8.42. The fraction of sp³-hybridized carbons (Fsp3) is 0.533. The molecule has 3 nitrogen and oxygen atoms in total. The van der Waals surface area contributed by atoms with Gasteiger partial charge in [-0.3, -0.25) is 4.99 Å². The molecule has 0 saturated heterocycles. The Morgan fingerprint density at radius 2 is 2.10 bits per heavy atom. The quantitative estimate of drug-likeness (QED) is 0.481. The number of rotatable bonds is 6. The Balaban J connectivity index is 2.58. The first-order valence-electron chi connectivity index (χ1n) is 6.69. The number of nitrogens with zero attached hydrogens (tertiary/aromatic N) is 1. The summed E-state index contributed by atoms with van der Waals surface area (Å²) in [7, 11) is 1.79. The van der Waals surface area contributed by atoms with Crippen LogP contribution in [0.15, 0.2) is 29.3 Å². The van der Waals surface area contributed by atoms with Gasteiger partial charge in [-0.25, -0.2) is 0 Å². The highest BCUT2D eigenvalue weighted by Gasteiger charge is 2.21. The molecular weight excluding hydrogens is 290 g/mol. The van der Waals surface area contributed by atoms with Gasteiger partial charge in [0, 0.05) is 36.3 Å². The van der Waals surface area contributed by atoms with Gasteiger partial charge in [0.25, 0.3) is 0 Å². The minimum atomic E-state index is -0.0119. The summed E-state index contributed by atoms with van der Waals surface area (Å²) in [4.78, 5) is 4.23. The zero-order valence-electron chi connectivity index (χ0n) is 12.7. The third kappa shape index (κ3) is 5.63. The third-order valence-corrected chi connectivity index (χ3v) is 3.97. The molecule has 0 atom stereocenters. The van der Waals surface area contributed by atoms with Crippen molar-refractivity contribution in [3.8, 4) is 0 Å². The molecule has 0 spiro atoms. The lowest BCUT2D eigenvalue weighted by Crippen LogP contribution is -2.44. The molecule has 0 radical (unpaired) electrons. The Hall–Kier alpha value is -0.870. The summed E-state index contributed by atoms with van der Waals surface area (Å²) in [6, 6.07) is 8.02. The van der Waals surface area contributed by atoms with Gasteiger partial charge >= 0.3 is 0 Å². The van der Waals surface area contributed by atoms with Crippen LogP contribution in [0.1, 0.15) is 19.4 Å². The summed E-state index contributed by atoms with van der Waals surface area (Å²) in [6.45, 7) is 6.10. The maximum Gasteiger partial charge on any atom is 0.191 e. The molecule has 0 aliphatic heterocycles. The SMILES string of the molecule is CN=C(NCCSC)NCC(C)(C)c1cccc(Cl)c1. The molecule has 0 aromatic heterocycles. The number of aliphatic imine (C=N–C) groups is 1. The average Bonchev–Trinajstić information content (AvgIpc) is 2.42. The molecule has 0 aliphatic carbocycles. The Morgan fingerprint density at radius 3 is 2.70 bits per heavy atom. The van der Waals surface area contributed by atoms with Gasteiger partial charge in [-0.15, -0.1) is 0 Å². The number of benzene rings is 1. The molecule has 2 N–H and O–H groups in total. The molecule has 20 heavy (non-hydrogen) atoms. The van der Waals surface area contributed by atoms with Gasteiger partial charge in [0.05, 0.1) is 0 Å². The highest BCUT2D eigenvalue weighted by atomic mass is 35.5. The number of thioether (sulfide) groups is 1. The summed E-state index contributed by atoms with van der Waals surface area (Å²) in [5.74, 6) is 1.91. The van der Waals surface area contributed by atoms with Crippen LogP contribution in [0, 0.1) is 0 Å². The fourth-order valence-electron chi connectivity index (χ4n) is 1.81. The van der Waals surface area contributed by atoms with Gasteiger partial charge in [-0.05, 0) is 24.0 Å². The minimum Gasteiger partial charge on any atom is -0.356 e. The van der Waals surface area contributed by atoms with Crippen LogP contribution in [0.4, 0.5) is 0 Å². The van der Waals surface area contributed by atoms with E-state index in [1.165, 1.54) is 5.56 Å². The predicted molar refractivity (Wildman–Crippen MR) is 92.2 cm³/mol. The molecule has 0 amide bonds. The molecular formula is C15H24ClN3S. The van der Waals surface area contributed by atoms with E-state index in [-0.39, 0.29) is 5.41 Å². The van der Waals surface area contributed by atoms with E-state index >= 15 is 0 Å². The maximum absolute atomic E-state index is 6.07. The Kier molecular flexibility index (Phi) is 7.24. The van der Waals surface area contributed by atoms with Crippen molar-refractivity contribution in [3.05, 3.63) is 34.9 Å². The zero-order valence-corrected chi connectivity index (χ0v) is 14.2. The van der Waals surface area contributed by atoms with E-state index in [9.17, 15) is 0 Å². The van der Waals surface area contributed by atoms with Gasteiger partial charge in [0.2, 0.25) is 0 Å². The van der Waals surface area contributed by atoms with E-state index in [1.54, 1.807) is 7.05 Å². The van der Waals surface area contributed by atoms with Crippen LogP contribution in [-0.4, -0.2) is 38.1 Å². The van der Waals surface area contributed by atoms with E-state index in [2.05, 4.69) is 41.8 Å². The molecule has 1 aromatic carbocycles. The van der Waals surface area contributed by atoms with Crippen LogP contribution >= 0.6 is 23.4 Å². The van der Waals surface area contributed by atoms with Gasteiger partial charge in [0.1, 0.15) is 0 Å². The van der Waals surface area contributed by atoms with Crippen LogP contribution in [-0.2, 0) is 5.41 Å². The number of hydrogen-bond donors (Lipinski definition) is 2. The van der Waals surface area contributed by atoms with E-state index in [1.807, 2.05) is 30.0 Å². The largest absolute Gasteiger partial charge is 0.356 e. The van der Waals surface area contributed by atoms with Crippen molar-refractivity contribution >= 4 is 29.3 Å².